The smallest absolute Gasteiger partial charge is 0.237 e. The van der Waals surface area contributed by atoms with Gasteiger partial charge in [-0.15, -0.1) is 0 Å². The monoisotopic (exact) mass is 247 g/mol. The van der Waals surface area contributed by atoms with Crippen molar-refractivity contribution in [3.63, 3.8) is 0 Å². The Hall–Kier alpha value is -2.04. The normalized spacial score (nSPS) is 11.4. The fourth-order valence-electron chi connectivity index (χ4n) is 1.50. The zero-order valence-corrected chi connectivity index (χ0v) is 10.1. The molecule has 96 valence electrons. The molecule has 1 amide bonds. The number of carbonyl (C=O) groups is 1. The van der Waals surface area contributed by atoms with Gasteiger partial charge in [0.15, 0.2) is 0 Å². The van der Waals surface area contributed by atoms with Crippen LogP contribution in [-0.4, -0.2) is 25.0 Å². The van der Waals surface area contributed by atoms with E-state index in [-0.39, 0.29) is 5.91 Å². The Bertz CT molecular complexity index is 414. The molecule has 0 fully saturated rings. The maximum Gasteiger partial charge on any atom is 0.237 e. The lowest BCUT2D eigenvalue weighted by molar-refractivity contribution is -0.122. The van der Waals surface area contributed by atoms with Crippen LogP contribution in [-0.2, 0) is 11.2 Å². The summed E-state index contributed by atoms with van der Waals surface area (Å²) in [5, 5.41) is 6.09. The maximum absolute atomic E-state index is 11.6. The quantitative estimate of drug-likeness (QED) is 0.329. The Balaban J connectivity index is 2.27. The second kappa shape index (κ2) is 8.11. The van der Waals surface area contributed by atoms with Crippen molar-refractivity contribution < 1.29 is 4.79 Å². The van der Waals surface area contributed by atoms with Crippen LogP contribution in [0, 0.1) is 0 Å². The van der Waals surface area contributed by atoms with E-state index in [9.17, 15) is 4.79 Å². The molecular weight excluding hydrogens is 230 g/mol. The topological polar surface area (TPSA) is 104 Å². The van der Waals surface area contributed by atoms with E-state index in [2.05, 4.69) is 15.3 Å². The standard InChI is InChI=1S/C12H17N5O/c13-11(9-10-5-2-1-3-6-10)12(18)15-7-4-8-16-17-14/h1-3,5-6,11H,4,7-9,13H2,(H,15,18)/t11-/m0/s1. The van der Waals surface area contributed by atoms with Gasteiger partial charge in [-0.3, -0.25) is 4.79 Å². The first kappa shape index (κ1) is 14.0. The van der Waals surface area contributed by atoms with Crippen molar-refractivity contribution >= 4 is 5.91 Å². The van der Waals surface area contributed by atoms with Crippen molar-refractivity contribution in [3.8, 4) is 0 Å². The van der Waals surface area contributed by atoms with Crippen molar-refractivity contribution in [2.75, 3.05) is 13.1 Å². The molecule has 3 N–H and O–H groups in total. The van der Waals surface area contributed by atoms with Crippen LogP contribution < -0.4 is 11.1 Å². The number of amides is 1. The van der Waals surface area contributed by atoms with E-state index in [4.69, 9.17) is 11.3 Å². The molecule has 1 atom stereocenters. The molecule has 0 unspecified atom stereocenters. The minimum absolute atomic E-state index is 0.181. The average Bonchev–Trinajstić information content (AvgIpc) is 2.39. The Kier molecular flexibility index (Phi) is 6.32. The van der Waals surface area contributed by atoms with Gasteiger partial charge in [-0.25, -0.2) is 0 Å². The maximum atomic E-state index is 11.6. The second-order valence-corrected chi connectivity index (χ2v) is 3.90. The number of carbonyl (C=O) groups excluding carboxylic acids is 1. The molecule has 0 radical (unpaired) electrons. The molecule has 0 spiro atoms. The fraction of sp³-hybridized carbons (Fsp3) is 0.417. The van der Waals surface area contributed by atoms with E-state index in [0.29, 0.717) is 25.9 Å². The van der Waals surface area contributed by atoms with Gasteiger partial charge in [0.2, 0.25) is 5.91 Å². The van der Waals surface area contributed by atoms with E-state index in [1.54, 1.807) is 0 Å². The summed E-state index contributed by atoms with van der Waals surface area (Å²) in [6, 6.07) is 9.08. The van der Waals surface area contributed by atoms with E-state index in [0.717, 1.165) is 5.56 Å². The largest absolute Gasteiger partial charge is 0.355 e. The fourth-order valence-corrected chi connectivity index (χ4v) is 1.50. The van der Waals surface area contributed by atoms with Gasteiger partial charge in [-0.1, -0.05) is 35.4 Å². The van der Waals surface area contributed by atoms with Gasteiger partial charge < -0.3 is 11.1 Å². The summed E-state index contributed by atoms with van der Waals surface area (Å²) in [5.74, 6) is -0.181. The summed E-state index contributed by atoms with van der Waals surface area (Å²) in [6.07, 6.45) is 1.14. The molecule has 0 bridgehead atoms. The molecule has 18 heavy (non-hydrogen) atoms. The summed E-state index contributed by atoms with van der Waals surface area (Å²) in [6.45, 7) is 0.852. The molecular formula is C12H17N5O. The van der Waals surface area contributed by atoms with Gasteiger partial charge in [-0.05, 0) is 23.9 Å². The molecule has 6 nitrogen and oxygen atoms in total. The SMILES string of the molecule is [N-]=[N+]=NCCCNC(=O)[C@@H](N)Cc1ccccc1. The number of benzene rings is 1. The predicted molar refractivity (Wildman–Crippen MR) is 69.8 cm³/mol. The molecule has 1 aromatic carbocycles. The zero-order chi connectivity index (χ0) is 13.2. The van der Waals surface area contributed by atoms with Crippen molar-refractivity contribution in [1.29, 1.82) is 0 Å². The van der Waals surface area contributed by atoms with Crippen LogP contribution in [0.3, 0.4) is 0 Å². The van der Waals surface area contributed by atoms with Crippen LogP contribution in [0.15, 0.2) is 35.4 Å². The van der Waals surface area contributed by atoms with E-state index in [1.165, 1.54) is 0 Å². The third-order valence-electron chi connectivity index (χ3n) is 2.43. The summed E-state index contributed by atoms with van der Waals surface area (Å²) < 4.78 is 0. The number of nitrogens with zero attached hydrogens (tertiary/aromatic N) is 3. The number of hydrogen-bond donors (Lipinski definition) is 2. The highest BCUT2D eigenvalue weighted by Gasteiger charge is 2.12. The number of rotatable bonds is 7. The number of azide groups is 1. The molecule has 0 aliphatic rings. The molecule has 1 aromatic rings. The summed E-state index contributed by atoms with van der Waals surface area (Å²) >= 11 is 0. The summed E-state index contributed by atoms with van der Waals surface area (Å²) in [7, 11) is 0. The molecule has 0 heterocycles. The first-order chi connectivity index (χ1) is 8.74. The van der Waals surface area contributed by atoms with Crippen molar-refractivity contribution in [2.45, 2.75) is 18.9 Å². The molecule has 0 saturated heterocycles. The van der Waals surface area contributed by atoms with E-state index in [1.807, 2.05) is 30.3 Å². The van der Waals surface area contributed by atoms with Crippen LogP contribution in [0.4, 0.5) is 0 Å². The lowest BCUT2D eigenvalue weighted by Crippen LogP contribution is -2.42. The Labute approximate surface area is 106 Å². The number of hydrogen-bond acceptors (Lipinski definition) is 3. The Morgan fingerprint density at radius 3 is 2.83 bits per heavy atom. The van der Waals surface area contributed by atoms with Crippen LogP contribution >= 0.6 is 0 Å². The average molecular weight is 247 g/mol. The number of nitrogens with one attached hydrogen (secondary N) is 1. The van der Waals surface area contributed by atoms with Gasteiger partial charge >= 0.3 is 0 Å². The lowest BCUT2D eigenvalue weighted by Gasteiger charge is -2.11. The third-order valence-corrected chi connectivity index (χ3v) is 2.43. The Morgan fingerprint density at radius 1 is 1.44 bits per heavy atom. The first-order valence-corrected chi connectivity index (χ1v) is 5.82. The highest BCUT2D eigenvalue weighted by Crippen LogP contribution is 2.01. The molecule has 0 aromatic heterocycles. The highest BCUT2D eigenvalue weighted by molar-refractivity contribution is 5.81. The van der Waals surface area contributed by atoms with Crippen molar-refractivity contribution in [1.82, 2.24) is 5.32 Å². The third kappa shape index (κ3) is 5.34. The Morgan fingerprint density at radius 2 is 2.17 bits per heavy atom. The lowest BCUT2D eigenvalue weighted by atomic mass is 10.1. The van der Waals surface area contributed by atoms with Crippen LogP contribution in [0.1, 0.15) is 12.0 Å². The van der Waals surface area contributed by atoms with E-state index < -0.39 is 6.04 Å². The van der Waals surface area contributed by atoms with Crippen LogP contribution in [0.5, 0.6) is 0 Å². The predicted octanol–water partition coefficient (Wildman–Crippen LogP) is 1.37. The van der Waals surface area contributed by atoms with Crippen molar-refractivity contribution in [2.24, 2.45) is 10.8 Å². The van der Waals surface area contributed by atoms with Gasteiger partial charge in [-0.2, -0.15) is 0 Å². The van der Waals surface area contributed by atoms with Crippen LogP contribution in [0.25, 0.3) is 10.4 Å². The second-order valence-electron chi connectivity index (χ2n) is 3.90. The van der Waals surface area contributed by atoms with Gasteiger partial charge in [0.25, 0.3) is 0 Å². The number of nitrogens with two attached hydrogens (primary N) is 1. The minimum atomic E-state index is -0.549. The summed E-state index contributed by atoms with van der Waals surface area (Å²) in [4.78, 5) is 14.3. The van der Waals surface area contributed by atoms with Gasteiger partial charge in [0.05, 0.1) is 6.04 Å². The molecule has 0 aliphatic carbocycles. The molecule has 6 heteroatoms. The van der Waals surface area contributed by atoms with Crippen LogP contribution in [0.2, 0.25) is 0 Å². The van der Waals surface area contributed by atoms with Gasteiger partial charge in [0.1, 0.15) is 0 Å². The first-order valence-electron chi connectivity index (χ1n) is 5.82. The summed E-state index contributed by atoms with van der Waals surface area (Å²) in [5.41, 5.74) is 14.9. The van der Waals surface area contributed by atoms with Gasteiger partial charge in [0, 0.05) is 18.0 Å². The molecule has 0 saturated carbocycles. The zero-order valence-electron chi connectivity index (χ0n) is 10.1. The molecule has 0 aliphatic heterocycles. The molecule has 1 rings (SSSR count). The van der Waals surface area contributed by atoms with Crippen molar-refractivity contribution in [3.05, 3.63) is 46.3 Å². The highest BCUT2D eigenvalue weighted by atomic mass is 16.2. The van der Waals surface area contributed by atoms with E-state index >= 15 is 0 Å². The minimum Gasteiger partial charge on any atom is -0.355 e.